The Balaban J connectivity index is 1.53. The monoisotopic (exact) mass is 283 g/mol. The van der Waals surface area contributed by atoms with Crippen LogP contribution in [-0.4, -0.2) is 26.2 Å². The average molecular weight is 283 g/mol. The lowest BCUT2D eigenvalue weighted by Gasteiger charge is -2.28. The second-order valence-corrected chi connectivity index (χ2v) is 5.83. The van der Waals surface area contributed by atoms with Crippen molar-refractivity contribution in [1.82, 2.24) is 0 Å². The Morgan fingerprint density at radius 1 is 1.00 bits per heavy atom. The van der Waals surface area contributed by atoms with E-state index in [9.17, 15) is 0 Å². The zero-order valence-corrected chi connectivity index (χ0v) is 12.8. The average Bonchev–Trinajstić information content (AvgIpc) is 2.57. The highest BCUT2D eigenvalue weighted by Crippen LogP contribution is 2.06. The number of rotatable bonds is 4. The molecular formula is C18H25N3+2. The molecule has 1 aliphatic rings. The number of hydrogen-bond acceptors (Lipinski definition) is 1. The molecule has 0 spiro atoms. The number of aromatic amines is 1. The summed E-state index contributed by atoms with van der Waals surface area (Å²) in [7, 11) is 0. The first-order valence-electron chi connectivity index (χ1n) is 7.98. The fraction of sp³-hybridized carbons (Fsp3) is 0.389. The van der Waals surface area contributed by atoms with Crippen LogP contribution in [0.25, 0.3) is 0 Å². The molecule has 1 aromatic carbocycles. The van der Waals surface area contributed by atoms with E-state index < -0.39 is 0 Å². The molecule has 1 aliphatic heterocycles. The fourth-order valence-corrected chi connectivity index (χ4v) is 3.00. The second-order valence-electron chi connectivity index (χ2n) is 5.83. The smallest absolute Gasteiger partial charge is 0.274 e. The summed E-state index contributed by atoms with van der Waals surface area (Å²) in [5.41, 5.74) is 2.89. The van der Waals surface area contributed by atoms with Gasteiger partial charge in [-0.3, -0.25) is 4.90 Å². The molecular weight excluding hydrogens is 258 g/mol. The lowest BCUT2D eigenvalue weighted by Crippen LogP contribution is -3.13. The van der Waals surface area contributed by atoms with Gasteiger partial charge in [-0.25, -0.2) is 4.98 Å². The number of aromatic nitrogens is 1. The Bertz CT molecular complexity index is 542. The number of piperazine rings is 1. The number of hydrogen-bond donors (Lipinski definition) is 1. The van der Waals surface area contributed by atoms with E-state index in [1.165, 1.54) is 30.0 Å². The van der Waals surface area contributed by atoms with E-state index in [0.29, 0.717) is 0 Å². The molecule has 3 heteroatoms. The van der Waals surface area contributed by atoms with E-state index in [0.717, 1.165) is 26.1 Å². The predicted octanol–water partition coefficient (Wildman–Crippen LogP) is 0.968. The van der Waals surface area contributed by atoms with E-state index in [2.05, 4.69) is 53.2 Å². The van der Waals surface area contributed by atoms with Gasteiger partial charge in [-0.05, 0) is 18.1 Å². The molecule has 2 aromatic rings. The standard InChI is InChI=1S/C18H23N3/c1-2-16-6-8-17(9-7-16)15-20-11-13-21(14-12-20)18-5-3-4-10-19-18/h3-10H,2,11-15H2,1H3/p+2. The van der Waals surface area contributed by atoms with Gasteiger partial charge in [-0.15, -0.1) is 0 Å². The van der Waals surface area contributed by atoms with Gasteiger partial charge >= 0.3 is 0 Å². The topological polar surface area (TPSA) is 21.8 Å². The molecule has 0 atom stereocenters. The molecule has 0 radical (unpaired) electrons. The van der Waals surface area contributed by atoms with Crippen LogP contribution >= 0.6 is 0 Å². The van der Waals surface area contributed by atoms with Crippen LogP contribution in [0.4, 0.5) is 5.82 Å². The third-order valence-corrected chi connectivity index (χ3v) is 4.39. The van der Waals surface area contributed by atoms with Gasteiger partial charge in [0.15, 0.2) is 0 Å². The summed E-state index contributed by atoms with van der Waals surface area (Å²) in [6, 6.07) is 15.4. The largest absolute Gasteiger partial charge is 0.325 e. The van der Waals surface area contributed by atoms with Gasteiger partial charge in [0.2, 0.25) is 0 Å². The first-order chi connectivity index (χ1) is 10.3. The SMILES string of the molecule is CCc1ccc(C[NH+]2CCN(c3cccc[nH+]3)CC2)cc1. The van der Waals surface area contributed by atoms with Crippen molar-refractivity contribution in [1.29, 1.82) is 0 Å². The third-order valence-electron chi connectivity index (χ3n) is 4.39. The summed E-state index contributed by atoms with van der Waals surface area (Å²) < 4.78 is 0. The summed E-state index contributed by atoms with van der Waals surface area (Å²) in [6.45, 7) is 8.03. The lowest BCUT2D eigenvalue weighted by molar-refractivity contribution is -0.914. The Morgan fingerprint density at radius 3 is 2.33 bits per heavy atom. The maximum absolute atomic E-state index is 3.33. The molecule has 2 N–H and O–H groups in total. The number of benzene rings is 1. The number of nitrogens with zero attached hydrogens (tertiary/aromatic N) is 1. The minimum absolute atomic E-state index is 1.12. The van der Waals surface area contributed by atoms with Gasteiger partial charge in [0.25, 0.3) is 5.82 Å². The quantitative estimate of drug-likeness (QED) is 0.887. The summed E-state index contributed by atoms with van der Waals surface area (Å²) in [5.74, 6) is 1.24. The summed E-state index contributed by atoms with van der Waals surface area (Å²) in [5, 5.41) is 0. The number of nitrogens with one attached hydrogen (secondary N) is 2. The van der Waals surface area contributed by atoms with Gasteiger partial charge in [0.05, 0.1) is 6.20 Å². The molecule has 0 unspecified atom stereocenters. The number of pyridine rings is 1. The maximum atomic E-state index is 3.33. The summed E-state index contributed by atoms with van der Waals surface area (Å²) in [4.78, 5) is 7.47. The zero-order chi connectivity index (χ0) is 14.5. The van der Waals surface area contributed by atoms with Crippen LogP contribution in [0.3, 0.4) is 0 Å². The predicted molar refractivity (Wildman–Crippen MR) is 85.4 cm³/mol. The number of aryl methyl sites for hydroxylation is 1. The van der Waals surface area contributed by atoms with Crippen LogP contribution in [-0.2, 0) is 13.0 Å². The van der Waals surface area contributed by atoms with Crippen molar-refractivity contribution in [2.75, 3.05) is 31.1 Å². The van der Waals surface area contributed by atoms with Gasteiger partial charge in [0, 0.05) is 11.6 Å². The first kappa shape index (κ1) is 14.1. The van der Waals surface area contributed by atoms with E-state index in [-0.39, 0.29) is 0 Å². The molecule has 0 aliphatic carbocycles. The first-order valence-corrected chi connectivity index (χ1v) is 7.98. The maximum Gasteiger partial charge on any atom is 0.274 e. The van der Waals surface area contributed by atoms with Crippen molar-refractivity contribution in [3.63, 3.8) is 0 Å². The van der Waals surface area contributed by atoms with Crippen molar-refractivity contribution in [3.05, 3.63) is 59.8 Å². The molecule has 0 bridgehead atoms. The van der Waals surface area contributed by atoms with Crippen molar-refractivity contribution in [3.8, 4) is 0 Å². The van der Waals surface area contributed by atoms with Crippen LogP contribution in [0.15, 0.2) is 48.7 Å². The molecule has 21 heavy (non-hydrogen) atoms. The highest BCUT2D eigenvalue weighted by atomic mass is 15.3. The number of H-pyrrole nitrogens is 1. The molecule has 1 aromatic heterocycles. The van der Waals surface area contributed by atoms with Gasteiger partial charge in [-0.2, -0.15) is 0 Å². The zero-order valence-electron chi connectivity index (χ0n) is 12.8. The molecule has 3 nitrogen and oxygen atoms in total. The normalized spacial score (nSPS) is 16.1. The molecule has 110 valence electrons. The molecule has 1 fully saturated rings. The highest BCUT2D eigenvalue weighted by molar-refractivity contribution is 5.32. The number of anilines is 1. The van der Waals surface area contributed by atoms with Crippen LogP contribution in [0.1, 0.15) is 18.1 Å². The minimum atomic E-state index is 1.12. The van der Waals surface area contributed by atoms with Crippen molar-refractivity contribution >= 4 is 5.82 Å². The number of quaternary nitrogens is 1. The Hall–Kier alpha value is -1.87. The van der Waals surface area contributed by atoms with Crippen molar-refractivity contribution < 1.29 is 9.88 Å². The van der Waals surface area contributed by atoms with Crippen LogP contribution in [0.5, 0.6) is 0 Å². The van der Waals surface area contributed by atoms with Crippen LogP contribution in [0, 0.1) is 0 Å². The van der Waals surface area contributed by atoms with Gasteiger partial charge in [-0.1, -0.05) is 37.3 Å². The second kappa shape index (κ2) is 6.72. The Kier molecular flexibility index (Phi) is 4.51. The fourth-order valence-electron chi connectivity index (χ4n) is 3.00. The van der Waals surface area contributed by atoms with Crippen molar-refractivity contribution in [2.24, 2.45) is 0 Å². The van der Waals surface area contributed by atoms with E-state index >= 15 is 0 Å². The minimum Gasteiger partial charge on any atom is -0.325 e. The van der Waals surface area contributed by atoms with E-state index in [4.69, 9.17) is 0 Å². The molecule has 3 rings (SSSR count). The molecule has 1 saturated heterocycles. The summed E-state index contributed by atoms with van der Waals surface area (Å²) >= 11 is 0. The van der Waals surface area contributed by atoms with Crippen LogP contribution in [0.2, 0.25) is 0 Å². The van der Waals surface area contributed by atoms with Gasteiger partial charge in [0.1, 0.15) is 32.7 Å². The van der Waals surface area contributed by atoms with Gasteiger partial charge < -0.3 is 4.90 Å². The Morgan fingerprint density at radius 2 is 1.71 bits per heavy atom. The lowest BCUT2D eigenvalue weighted by atomic mass is 10.1. The highest BCUT2D eigenvalue weighted by Gasteiger charge is 2.25. The third kappa shape index (κ3) is 3.61. The van der Waals surface area contributed by atoms with Crippen LogP contribution < -0.4 is 14.8 Å². The molecule has 0 saturated carbocycles. The summed E-state index contributed by atoms with van der Waals surface area (Å²) in [6.07, 6.45) is 3.13. The van der Waals surface area contributed by atoms with Crippen molar-refractivity contribution in [2.45, 2.75) is 19.9 Å². The molecule has 0 amide bonds. The van der Waals surface area contributed by atoms with E-state index in [1.807, 2.05) is 12.3 Å². The molecule has 2 heterocycles. The Labute approximate surface area is 127 Å². The van der Waals surface area contributed by atoms with E-state index in [1.54, 1.807) is 4.90 Å².